The molecule has 0 atom stereocenters. The fourth-order valence-electron chi connectivity index (χ4n) is 3.60. The molecule has 7 nitrogen and oxygen atoms in total. The first kappa shape index (κ1) is 23.4. The highest BCUT2D eigenvalue weighted by atomic mass is 79.9. The van der Waals surface area contributed by atoms with Crippen LogP contribution in [0.3, 0.4) is 0 Å². The first-order chi connectivity index (χ1) is 16.3. The highest BCUT2D eigenvalue weighted by Crippen LogP contribution is 2.29. The molecule has 4 rings (SSSR count). The van der Waals surface area contributed by atoms with Gasteiger partial charge in [-0.05, 0) is 58.1 Å². The summed E-state index contributed by atoms with van der Waals surface area (Å²) < 4.78 is 30.2. The van der Waals surface area contributed by atoms with Crippen LogP contribution in [0.5, 0.6) is 0 Å². The number of aromatic nitrogens is 2. The molecule has 0 aliphatic carbocycles. The monoisotopic (exact) mass is 527 g/mol. The van der Waals surface area contributed by atoms with Crippen LogP contribution in [0, 0.1) is 11.6 Å². The minimum Gasteiger partial charge on any atom is -0.373 e. The number of nitrogens with zero attached hydrogens (tertiary/aromatic N) is 2. The molecule has 4 aromatic rings. The summed E-state index contributed by atoms with van der Waals surface area (Å²) >= 11 is 3.31. The van der Waals surface area contributed by atoms with E-state index in [2.05, 4.69) is 36.9 Å². The Kier molecular flexibility index (Phi) is 6.60. The van der Waals surface area contributed by atoms with Crippen molar-refractivity contribution < 1.29 is 13.6 Å². The van der Waals surface area contributed by atoms with Crippen LogP contribution < -0.4 is 21.5 Å². The van der Waals surface area contributed by atoms with Crippen LogP contribution in [0.1, 0.15) is 12.5 Å². The summed E-state index contributed by atoms with van der Waals surface area (Å²) in [6.07, 6.45) is 3.73. The fourth-order valence-corrected chi connectivity index (χ4v) is 4.11. The van der Waals surface area contributed by atoms with E-state index in [1.807, 2.05) is 6.92 Å². The van der Waals surface area contributed by atoms with Crippen LogP contribution in [0.15, 0.2) is 64.1 Å². The molecule has 0 saturated carbocycles. The van der Waals surface area contributed by atoms with Gasteiger partial charge >= 0.3 is 6.03 Å². The first-order valence-electron chi connectivity index (χ1n) is 10.4. The fraction of sp³-hybridized carbons (Fsp3) is 0.125. The van der Waals surface area contributed by atoms with E-state index >= 15 is 0 Å². The van der Waals surface area contributed by atoms with Crippen molar-refractivity contribution in [1.29, 1.82) is 0 Å². The van der Waals surface area contributed by atoms with Gasteiger partial charge in [0.25, 0.3) is 5.56 Å². The van der Waals surface area contributed by atoms with Crippen molar-refractivity contribution in [3.8, 4) is 5.69 Å². The quantitative estimate of drug-likeness (QED) is 0.311. The van der Waals surface area contributed by atoms with Gasteiger partial charge in [0.2, 0.25) is 0 Å². The summed E-state index contributed by atoms with van der Waals surface area (Å²) in [4.78, 5) is 30.0. The van der Waals surface area contributed by atoms with Gasteiger partial charge in [0, 0.05) is 34.9 Å². The maximum atomic E-state index is 14.7. The SMILES string of the molecule is CCc1c(=O)n(-c2cc(NC(=O)Nc3ccccc3F)c(F)cc2Br)cc2cnc(NC)cc12. The number of nitrogens with one attached hydrogen (secondary N) is 3. The number of para-hydroxylation sites is 1. The van der Waals surface area contributed by atoms with Crippen LogP contribution >= 0.6 is 15.9 Å². The number of fused-ring (bicyclic) bond motifs is 1. The van der Waals surface area contributed by atoms with E-state index in [9.17, 15) is 18.4 Å². The van der Waals surface area contributed by atoms with Gasteiger partial charge in [0.1, 0.15) is 17.5 Å². The van der Waals surface area contributed by atoms with Gasteiger partial charge in [-0.15, -0.1) is 0 Å². The molecule has 0 bridgehead atoms. The zero-order valence-electron chi connectivity index (χ0n) is 18.2. The lowest BCUT2D eigenvalue weighted by Crippen LogP contribution is -2.24. The Balaban J connectivity index is 1.76. The highest BCUT2D eigenvalue weighted by Gasteiger charge is 2.17. The van der Waals surface area contributed by atoms with E-state index in [-0.39, 0.29) is 16.9 Å². The third-order valence-electron chi connectivity index (χ3n) is 5.28. The molecule has 34 heavy (non-hydrogen) atoms. The number of halogens is 3. The van der Waals surface area contributed by atoms with Crippen LogP contribution in [0.4, 0.5) is 30.8 Å². The molecule has 0 unspecified atom stereocenters. The number of carbonyl (C=O) groups is 1. The maximum absolute atomic E-state index is 14.7. The Morgan fingerprint density at radius 2 is 1.82 bits per heavy atom. The molecular formula is C24H20BrF2N5O2. The minimum absolute atomic E-state index is 0.0514. The van der Waals surface area contributed by atoms with E-state index in [1.54, 1.807) is 31.6 Å². The van der Waals surface area contributed by atoms with Crippen LogP contribution in [0.25, 0.3) is 16.5 Å². The van der Waals surface area contributed by atoms with Gasteiger partial charge in [0.05, 0.1) is 17.1 Å². The van der Waals surface area contributed by atoms with Crippen molar-refractivity contribution in [2.45, 2.75) is 13.3 Å². The third kappa shape index (κ3) is 4.49. The predicted molar refractivity (Wildman–Crippen MR) is 133 cm³/mol. The van der Waals surface area contributed by atoms with Crippen LogP contribution in [-0.2, 0) is 6.42 Å². The molecule has 0 aliphatic heterocycles. The summed E-state index contributed by atoms with van der Waals surface area (Å²) in [6.45, 7) is 1.87. The second-order valence-corrected chi connectivity index (χ2v) is 8.24. The average molecular weight is 528 g/mol. The Bertz CT molecular complexity index is 1470. The Hall–Kier alpha value is -3.79. The summed E-state index contributed by atoms with van der Waals surface area (Å²) in [5, 5.41) is 9.16. The zero-order valence-corrected chi connectivity index (χ0v) is 19.8. The smallest absolute Gasteiger partial charge is 0.323 e. The molecule has 0 radical (unpaired) electrons. The predicted octanol–water partition coefficient (Wildman–Crippen LogP) is 5.67. The largest absolute Gasteiger partial charge is 0.373 e. The molecule has 2 amide bonds. The van der Waals surface area contributed by atoms with Crippen molar-refractivity contribution in [2.75, 3.05) is 23.0 Å². The van der Waals surface area contributed by atoms with Gasteiger partial charge in [-0.3, -0.25) is 9.36 Å². The first-order valence-corrected chi connectivity index (χ1v) is 11.2. The molecule has 0 spiro atoms. The summed E-state index contributed by atoms with van der Waals surface area (Å²) in [5.74, 6) is -0.724. The molecule has 0 saturated heterocycles. The van der Waals surface area contributed by atoms with Gasteiger partial charge in [0.15, 0.2) is 0 Å². The van der Waals surface area contributed by atoms with E-state index in [4.69, 9.17) is 0 Å². The van der Waals surface area contributed by atoms with Crippen molar-refractivity contribution >= 4 is 49.9 Å². The number of carbonyl (C=O) groups excluding carboxylic acids is 1. The number of rotatable bonds is 5. The molecule has 2 heterocycles. The highest BCUT2D eigenvalue weighted by molar-refractivity contribution is 9.10. The van der Waals surface area contributed by atoms with E-state index in [1.165, 1.54) is 28.8 Å². The van der Waals surface area contributed by atoms with Gasteiger partial charge in [-0.25, -0.2) is 18.6 Å². The standard InChI is InChI=1S/C24H20BrF2N5O2/c1-3-14-15-8-22(28-2)29-11-13(15)12-32(23(14)33)21-10-20(18(27)9-16(21)25)31-24(34)30-19-7-5-4-6-17(19)26/h4-12,28H,3H2,1-2H3,(H2,30,31,34). The second-order valence-electron chi connectivity index (χ2n) is 7.39. The van der Waals surface area contributed by atoms with Gasteiger partial charge in [-0.2, -0.15) is 0 Å². The zero-order chi connectivity index (χ0) is 24.4. The van der Waals surface area contributed by atoms with Crippen LogP contribution in [-0.4, -0.2) is 22.6 Å². The number of benzene rings is 2. The molecule has 174 valence electrons. The normalized spacial score (nSPS) is 10.9. The third-order valence-corrected chi connectivity index (χ3v) is 5.92. The number of anilines is 3. The van der Waals surface area contributed by atoms with Crippen LogP contribution in [0.2, 0.25) is 0 Å². The molecule has 2 aromatic heterocycles. The number of aryl methyl sites for hydroxylation is 1. The lowest BCUT2D eigenvalue weighted by Gasteiger charge is -2.16. The van der Waals surface area contributed by atoms with Crippen molar-refractivity contribution in [2.24, 2.45) is 0 Å². The Labute approximate surface area is 202 Å². The lowest BCUT2D eigenvalue weighted by atomic mass is 10.1. The van der Waals surface area contributed by atoms with Crippen molar-refractivity contribution in [3.63, 3.8) is 0 Å². The van der Waals surface area contributed by atoms with Crippen molar-refractivity contribution in [1.82, 2.24) is 9.55 Å². The second kappa shape index (κ2) is 9.60. The van der Waals surface area contributed by atoms with Crippen molar-refractivity contribution in [3.05, 3.63) is 86.9 Å². The molecule has 0 aliphatic rings. The Morgan fingerprint density at radius 3 is 2.53 bits per heavy atom. The summed E-state index contributed by atoms with van der Waals surface area (Å²) in [7, 11) is 1.74. The number of hydrogen-bond donors (Lipinski definition) is 3. The molecule has 2 aromatic carbocycles. The molecular weight excluding hydrogens is 508 g/mol. The van der Waals surface area contributed by atoms with Gasteiger partial charge < -0.3 is 16.0 Å². The van der Waals surface area contributed by atoms with Gasteiger partial charge in [-0.1, -0.05) is 19.1 Å². The molecule has 10 heteroatoms. The van der Waals surface area contributed by atoms with E-state index in [0.29, 0.717) is 28.0 Å². The number of pyridine rings is 2. The minimum atomic E-state index is -0.832. The lowest BCUT2D eigenvalue weighted by molar-refractivity contribution is 0.262. The molecule has 0 fully saturated rings. The Morgan fingerprint density at radius 1 is 1.09 bits per heavy atom. The molecule has 3 N–H and O–H groups in total. The van der Waals surface area contributed by atoms with E-state index < -0.39 is 17.7 Å². The number of urea groups is 1. The maximum Gasteiger partial charge on any atom is 0.323 e. The number of amides is 2. The summed E-state index contributed by atoms with van der Waals surface area (Å²) in [6, 6.07) is 9.08. The topological polar surface area (TPSA) is 88.1 Å². The number of hydrogen-bond acceptors (Lipinski definition) is 4. The van der Waals surface area contributed by atoms with E-state index in [0.717, 1.165) is 16.8 Å². The summed E-state index contributed by atoms with van der Waals surface area (Å²) in [5.41, 5.74) is 0.379. The average Bonchev–Trinajstić information content (AvgIpc) is 2.82.